The van der Waals surface area contributed by atoms with Crippen LogP contribution in [-0.2, 0) is 12.8 Å². The van der Waals surface area contributed by atoms with Crippen molar-refractivity contribution in [1.82, 2.24) is 0 Å². The number of para-hydroxylation sites is 2. The van der Waals surface area contributed by atoms with Gasteiger partial charge >= 0.3 is 0 Å². The SMILES string of the molecule is CCCCCCCCCc1ccccc1NCCNc1ccccc1CCCCCCCCC. The Morgan fingerprint density at radius 3 is 1.21 bits per heavy atom. The number of hydrogen-bond acceptors (Lipinski definition) is 2. The van der Waals surface area contributed by atoms with E-state index >= 15 is 0 Å². The van der Waals surface area contributed by atoms with E-state index < -0.39 is 0 Å². The Morgan fingerprint density at radius 1 is 0.441 bits per heavy atom. The van der Waals surface area contributed by atoms with Gasteiger partial charge in [0, 0.05) is 24.5 Å². The van der Waals surface area contributed by atoms with Gasteiger partial charge in [0.05, 0.1) is 0 Å². The van der Waals surface area contributed by atoms with Gasteiger partial charge in [0.15, 0.2) is 0 Å². The largest absolute Gasteiger partial charge is 0.383 e. The normalized spacial score (nSPS) is 11.0. The van der Waals surface area contributed by atoms with E-state index in [9.17, 15) is 0 Å². The van der Waals surface area contributed by atoms with Crippen LogP contribution in [-0.4, -0.2) is 13.1 Å². The number of rotatable bonds is 21. The predicted octanol–water partition coefficient (Wildman–Crippen LogP) is 9.80. The van der Waals surface area contributed by atoms with Crippen LogP contribution in [0.3, 0.4) is 0 Å². The van der Waals surface area contributed by atoms with Crippen LogP contribution in [0, 0.1) is 0 Å². The fourth-order valence-electron chi connectivity index (χ4n) is 4.76. The molecular weight excluding hydrogens is 412 g/mol. The molecule has 2 N–H and O–H groups in total. The van der Waals surface area contributed by atoms with Crippen molar-refractivity contribution < 1.29 is 0 Å². The van der Waals surface area contributed by atoms with Crippen molar-refractivity contribution >= 4 is 11.4 Å². The summed E-state index contributed by atoms with van der Waals surface area (Å²) in [4.78, 5) is 0. The number of unbranched alkanes of at least 4 members (excludes halogenated alkanes) is 12. The summed E-state index contributed by atoms with van der Waals surface area (Å²) in [6.07, 6.45) is 21.5. The van der Waals surface area contributed by atoms with Gasteiger partial charge in [0.1, 0.15) is 0 Å². The average Bonchev–Trinajstić information content (AvgIpc) is 2.87. The van der Waals surface area contributed by atoms with Gasteiger partial charge in [-0.2, -0.15) is 0 Å². The van der Waals surface area contributed by atoms with E-state index in [1.807, 2.05) is 0 Å². The molecule has 2 nitrogen and oxygen atoms in total. The van der Waals surface area contributed by atoms with Crippen molar-refractivity contribution in [1.29, 1.82) is 0 Å². The van der Waals surface area contributed by atoms with Gasteiger partial charge in [-0.3, -0.25) is 0 Å². The topological polar surface area (TPSA) is 24.1 Å². The minimum absolute atomic E-state index is 0.944. The number of anilines is 2. The van der Waals surface area contributed by atoms with Gasteiger partial charge in [0.25, 0.3) is 0 Å². The molecule has 0 aromatic heterocycles. The fraction of sp³-hybridized carbons (Fsp3) is 0.625. The van der Waals surface area contributed by atoms with E-state index in [0.717, 1.165) is 13.1 Å². The zero-order chi connectivity index (χ0) is 24.1. The number of aryl methyl sites for hydroxylation is 2. The molecule has 0 heterocycles. The van der Waals surface area contributed by atoms with E-state index in [4.69, 9.17) is 0 Å². The summed E-state index contributed by atoms with van der Waals surface area (Å²) in [5.41, 5.74) is 5.56. The quantitative estimate of drug-likeness (QED) is 0.180. The molecule has 0 aliphatic heterocycles. The summed E-state index contributed by atoms with van der Waals surface area (Å²) in [5.74, 6) is 0. The second-order valence-electron chi connectivity index (χ2n) is 9.91. The van der Waals surface area contributed by atoms with E-state index in [0.29, 0.717) is 0 Å². The third kappa shape index (κ3) is 12.5. The van der Waals surface area contributed by atoms with Gasteiger partial charge in [-0.05, 0) is 48.9 Å². The Morgan fingerprint density at radius 2 is 0.794 bits per heavy atom. The summed E-state index contributed by atoms with van der Waals surface area (Å²) in [5, 5.41) is 7.37. The molecule has 2 rings (SSSR count). The predicted molar refractivity (Wildman–Crippen MR) is 153 cm³/mol. The lowest BCUT2D eigenvalue weighted by Gasteiger charge is -2.15. The molecule has 0 aliphatic carbocycles. The van der Waals surface area contributed by atoms with Gasteiger partial charge in [-0.1, -0.05) is 127 Å². The first kappa shape index (κ1) is 28.3. The Kier molecular flexibility index (Phi) is 16.1. The van der Waals surface area contributed by atoms with Crippen molar-refractivity contribution in [3.63, 3.8) is 0 Å². The summed E-state index contributed by atoms with van der Waals surface area (Å²) in [6.45, 7) is 6.46. The van der Waals surface area contributed by atoms with Crippen LogP contribution in [0.2, 0.25) is 0 Å². The van der Waals surface area contributed by atoms with Crippen LogP contribution in [0.15, 0.2) is 48.5 Å². The Labute approximate surface area is 211 Å². The molecule has 0 aliphatic rings. The molecule has 0 amide bonds. The van der Waals surface area contributed by atoms with E-state index in [1.54, 1.807) is 0 Å². The fourth-order valence-corrected chi connectivity index (χ4v) is 4.76. The molecule has 2 aromatic carbocycles. The van der Waals surface area contributed by atoms with E-state index in [1.165, 1.54) is 125 Å². The molecule has 0 spiro atoms. The first-order valence-corrected chi connectivity index (χ1v) is 14.5. The van der Waals surface area contributed by atoms with E-state index in [-0.39, 0.29) is 0 Å². The molecule has 0 fully saturated rings. The molecule has 0 saturated carbocycles. The van der Waals surface area contributed by atoms with Crippen molar-refractivity contribution in [2.75, 3.05) is 23.7 Å². The maximum absolute atomic E-state index is 3.69. The molecule has 0 bridgehead atoms. The maximum Gasteiger partial charge on any atom is 0.0373 e. The van der Waals surface area contributed by atoms with Crippen LogP contribution >= 0.6 is 0 Å². The highest BCUT2D eigenvalue weighted by atomic mass is 14.9. The van der Waals surface area contributed by atoms with Gasteiger partial charge in [0.2, 0.25) is 0 Å². The molecule has 0 unspecified atom stereocenters. The number of hydrogen-bond donors (Lipinski definition) is 2. The van der Waals surface area contributed by atoms with Crippen LogP contribution in [0.4, 0.5) is 11.4 Å². The highest BCUT2D eigenvalue weighted by Gasteiger charge is 2.04. The molecule has 0 saturated heterocycles. The molecule has 2 aromatic rings. The Bertz CT molecular complexity index is 676. The van der Waals surface area contributed by atoms with Crippen LogP contribution in [0.5, 0.6) is 0 Å². The third-order valence-corrected chi connectivity index (χ3v) is 6.89. The lowest BCUT2D eigenvalue weighted by atomic mass is 10.0. The number of nitrogens with one attached hydrogen (secondary N) is 2. The van der Waals surface area contributed by atoms with Crippen molar-refractivity contribution in [3.05, 3.63) is 59.7 Å². The smallest absolute Gasteiger partial charge is 0.0373 e. The van der Waals surface area contributed by atoms with E-state index in [2.05, 4.69) is 73.0 Å². The summed E-state index contributed by atoms with van der Waals surface area (Å²) < 4.78 is 0. The van der Waals surface area contributed by atoms with Crippen molar-refractivity contribution in [2.45, 2.75) is 117 Å². The molecule has 0 radical (unpaired) electrons. The first-order valence-electron chi connectivity index (χ1n) is 14.5. The molecular formula is C32H52N2. The second-order valence-corrected chi connectivity index (χ2v) is 9.91. The molecule has 190 valence electrons. The zero-order valence-electron chi connectivity index (χ0n) is 22.3. The highest BCUT2D eigenvalue weighted by molar-refractivity contribution is 5.53. The lowest BCUT2D eigenvalue weighted by molar-refractivity contribution is 0.589. The average molecular weight is 465 g/mol. The summed E-state index contributed by atoms with van der Waals surface area (Å²) in [6, 6.07) is 17.7. The van der Waals surface area contributed by atoms with Gasteiger partial charge in [-0.15, -0.1) is 0 Å². The maximum atomic E-state index is 3.69. The van der Waals surface area contributed by atoms with Crippen molar-refractivity contribution in [2.24, 2.45) is 0 Å². The third-order valence-electron chi connectivity index (χ3n) is 6.89. The first-order chi connectivity index (χ1) is 16.8. The lowest BCUT2D eigenvalue weighted by Crippen LogP contribution is -2.15. The highest BCUT2D eigenvalue weighted by Crippen LogP contribution is 2.20. The standard InChI is InChI=1S/C32H52N2/c1-3-5-7-9-11-13-15-21-29-23-17-19-25-31(29)33-27-28-34-32-26-20-18-24-30(32)22-16-14-12-10-8-6-4-2/h17-20,23-26,33-34H,3-16,21-22,27-28H2,1-2H3. The summed E-state index contributed by atoms with van der Waals surface area (Å²) in [7, 11) is 0. The zero-order valence-corrected chi connectivity index (χ0v) is 22.3. The second kappa shape index (κ2) is 19.4. The summed E-state index contributed by atoms with van der Waals surface area (Å²) >= 11 is 0. The monoisotopic (exact) mass is 464 g/mol. The molecule has 34 heavy (non-hydrogen) atoms. The van der Waals surface area contributed by atoms with Crippen molar-refractivity contribution in [3.8, 4) is 0 Å². The Hall–Kier alpha value is -1.96. The van der Waals surface area contributed by atoms with Gasteiger partial charge in [-0.25, -0.2) is 0 Å². The van der Waals surface area contributed by atoms with Crippen LogP contribution in [0.25, 0.3) is 0 Å². The van der Waals surface area contributed by atoms with Crippen LogP contribution in [0.1, 0.15) is 115 Å². The minimum Gasteiger partial charge on any atom is -0.383 e. The van der Waals surface area contributed by atoms with Crippen LogP contribution < -0.4 is 10.6 Å². The molecule has 2 heteroatoms. The number of benzene rings is 2. The Balaban J connectivity index is 1.67. The van der Waals surface area contributed by atoms with Gasteiger partial charge < -0.3 is 10.6 Å². The molecule has 0 atom stereocenters. The minimum atomic E-state index is 0.944.